The van der Waals surface area contributed by atoms with Crippen molar-refractivity contribution in [1.29, 1.82) is 0 Å². The first-order valence-electron chi connectivity index (χ1n) is 4.13. The number of aromatic hydroxyl groups is 1. The summed E-state index contributed by atoms with van der Waals surface area (Å²) in [6.07, 6.45) is 0. The second-order valence-electron chi connectivity index (χ2n) is 2.59. The van der Waals surface area contributed by atoms with Crippen molar-refractivity contribution in [3.05, 3.63) is 24.3 Å². The van der Waals surface area contributed by atoms with Crippen LogP contribution in [0.2, 0.25) is 0 Å². The molecule has 0 spiro atoms. The number of carbonyl (C=O) groups is 1. The number of nitrogens with one attached hydrogen (secondary N) is 2. The molecule has 0 bridgehead atoms. The molecule has 0 radical (unpaired) electrons. The molecule has 2 amide bonds. The number of benzene rings is 1. The van der Waals surface area contributed by atoms with E-state index in [1.54, 1.807) is 18.2 Å². The molecule has 5 heteroatoms. The van der Waals surface area contributed by atoms with Crippen molar-refractivity contribution in [1.82, 2.24) is 5.32 Å². The highest BCUT2D eigenvalue weighted by Crippen LogP contribution is 2.20. The molecule has 76 valence electrons. The second-order valence-corrected chi connectivity index (χ2v) is 2.96. The minimum absolute atomic E-state index is 0.0357. The average molecular weight is 215 g/mol. The van der Waals surface area contributed by atoms with Gasteiger partial charge in [0.2, 0.25) is 0 Å². The zero-order chi connectivity index (χ0) is 10.4. The number of hydrogen-bond donors (Lipinski definition) is 3. The Balaban J connectivity index is 2.52. The van der Waals surface area contributed by atoms with E-state index in [0.29, 0.717) is 18.1 Å². The normalized spacial score (nSPS) is 9.50. The standard InChI is InChI=1S/C9H11ClN2O2/c10-5-6-11-9(14)12-7-3-1-2-4-8(7)13/h1-4,13H,5-6H2,(H2,11,12,14). The number of phenolic OH excluding ortho intramolecular Hbond substituents is 1. The molecule has 0 heterocycles. The van der Waals surface area contributed by atoms with Crippen molar-refractivity contribution in [2.24, 2.45) is 0 Å². The Kier molecular flexibility index (Phi) is 4.07. The van der Waals surface area contributed by atoms with Crippen molar-refractivity contribution in [2.45, 2.75) is 0 Å². The predicted octanol–water partition coefficient (Wildman–Crippen LogP) is 1.75. The summed E-state index contributed by atoms with van der Waals surface area (Å²) < 4.78 is 0. The maximum absolute atomic E-state index is 11.1. The molecule has 1 aromatic carbocycles. The number of anilines is 1. The Hall–Kier alpha value is -1.42. The van der Waals surface area contributed by atoms with Gasteiger partial charge in [-0.25, -0.2) is 4.79 Å². The third kappa shape index (κ3) is 3.14. The number of carbonyl (C=O) groups excluding carboxylic acids is 1. The van der Waals surface area contributed by atoms with Crippen molar-refractivity contribution in [3.8, 4) is 5.75 Å². The molecule has 1 aromatic rings. The number of rotatable bonds is 3. The summed E-state index contributed by atoms with van der Waals surface area (Å²) in [7, 11) is 0. The molecule has 0 aromatic heterocycles. The zero-order valence-corrected chi connectivity index (χ0v) is 8.21. The van der Waals surface area contributed by atoms with Crippen LogP contribution in [-0.2, 0) is 0 Å². The highest BCUT2D eigenvalue weighted by Gasteiger charge is 2.03. The summed E-state index contributed by atoms with van der Waals surface area (Å²) in [6.45, 7) is 0.390. The van der Waals surface area contributed by atoms with Gasteiger partial charge in [-0.15, -0.1) is 11.6 Å². The highest BCUT2D eigenvalue weighted by atomic mass is 35.5. The van der Waals surface area contributed by atoms with E-state index in [1.807, 2.05) is 0 Å². The lowest BCUT2D eigenvalue weighted by Gasteiger charge is -2.07. The fraction of sp³-hybridized carbons (Fsp3) is 0.222. The second kappa shape index (κ2) is 5.34. The summed E-state index contributed by atoms with van der Waals surface area (Å²) in [5.41, 5.74) is 0.375. The molecule has 0 saturated heterocycles. The van der Waals surface area contributed by atoms with Crippen molar-refractivity contribution >= 4 is 23.3 Å². The molecule has 0 fully saturated rings. The lowest BCUT2D eigenvalue weighted by atomic mass is 10.3. The van der Waals surface area contributed by atoms with E-state index in [4.69, 9.17) is 11.6 Å². The zero-order valence-electron chi connectivity index (χ0n) is 7.46. The molecule has 0 atom stereocenters. The Morgan fingerprint density at radius 2 is 2.14 bits per heavy atom. The molecular weight excluding hydrogens is 204 g/mol. The summed E-state index contributed by atoms with van der Waals surface area (Å²) in [5.74, 6) is 0.391. The molecule has 14 heavy (non-hydrogen) atoms. The number of hydrogen-bond acceptors (Lipinski definition) is 2. The molecular formula is C9H11ClN2O2. The first-order chi connectivity index (χ1) is 6.74. The van der Waals surface area contributed by atoms with Crippen LogP contribution in [0.15, 0.2) is 24.3 Å². The molecule has 0 aliphatic rings. The molecule has 0 aliphatic heterocycles. The van der Waals surface area contributed by atoms with E-state index in [1.165, 1.54) is 6.07 Å². The van der Waals surface area contributed by atoms with Crippen LogP contribution in [0, 0.1) is 0 Å². The lowest BCUT2D eigenvalue weighted by Crippen LogP contribution is -2.30. The van der Waals surface area contributed by atoms with Crippen molar-refractivity contribution in [2.75, 3.05) is 17.7 Å². The van der Waals surface area contributed by atoms with E-state index in [-0.39, 0.29) is 11.8 Å². The molecule has 0 unspecified atom stereocenters. The van der Waals surface area contributed by atoms with Crippen LogP contribution in [0.1, 0.15) is 0 Å². The predicted molar refractivity (Wildman–Crippen MR) is 55.8 cm³/mol. The minimum atomic E-state index is -0.382. The smallest absolute Gasteiger partial charge is 0.319 e. The van der Waals surface area contributed by atoms with E-state index >= 15 is 0 Å². The summed E-state index contributed by atoms with van der Waals surface area (Å²) in [5, 5.41) is 14.3. The topological polar surface area (TPSA) is 61.4 Å². The van der Waals surface area contributed by atoms with Crippen molar-refractivity contribution in [3.63, 3.8) is 0 Å². The molecule has 0 saturated carbocycles. The van der Waals surface area contributed by atoms with Gasteiger partial charge in [0.05, 0.1) is 5.69 Å². The SMILES string of the molecule is O=C(NCCCl)Nc1ccccc1O. The molecule has 4 nitrogen and oxygen atoms in total. The van der Waals surface area contributed by atoms with Crippen molar-refractivity contribution < 1.29 is 9.90 Å². The minimum Gasteiger partial charge on any atom is -0.506 e. The van der Waals surface area contributed by atoms with Gasteiger partial charge in [-0.05, 0) is 12.1 Å². The van der Waals surface area contributed by atoms with Gasteiger partial charge in [-0.1, -0.05) is 12.1 Å². The third-order valence-electron chi connectivity index (χ3n) is 1.53. The van der Waals surface area contributed by atoms with Crippen LogP contribution in [0.3, 0.4) is 0 Å². The maximum Gasteiger partial charge on any atom is 0.319 e. The maximum atomic E-state index is 11.1. The highest BCUT2D eigenvalue weighted by molar-refractivity contribution is 6.18. The van der Waals surface area contributed by atoms with Crippen LogP contribution in [0.25, 0.3) is 0 Å². The van der Waals surface area contributed by atoms with Gasteiger partial charge in [0.25, 0.3) is 0 Å². The fourth-order valence-electron chi connectivity index (χ4n) is 0.907. The van der Waals surface area contributed by atoms with Gasteiger partial charge in [0.1, 0.15) is 5.75 Å². The van der Waals surface area contributed by atoms with Crippen LogP contribution >= 0.6 is 11.6 Å². The van der Waals surface area contributed by atoms with E-state index in [0.717, 1.165) is 0 Å². The quantitative estimate of drug-likeness (QED) is 0.530. The first-order valence-corrected chi connectivity index (χ1v) is 4.66. The Morgan fingerprint density at radius 1 is 1.43 bits per heavy atom. The monoisotopic (exact) mass is 214 g/mol. The number of para-hydroxylation sites is 2. The number of urea groups is 1. The van der Waals surface area contributed by atoms with Gasteiger partial charge in [0.15, 0.2) is 0 Å². The fourth-order valence-corrected chi connectivity index (χ4v) is 1.00. The summed E-state index contributed by atoms with van der Waals surface area (Å²) >= 11 is 5.39. The summed E-state index contributed by atoms with van der Waals surface area (Å²) in [6, 6.07) is 6.12. The largest absolute Gasteiger partial charge is 0.506 e. The van der Waals surface area contributed by atoms with Crippen LogP contribution in [0.5, 0.6) is 5.75 Å². The number of phenols is 1. The van der Waals surface area contributed by atoms with Gasteiger partial charge < -0.3 is 15.7 Å². The van der Waals surface area contributed by atoms with Crippen LogP contribution < -0.4 is 10.6 Å². The Bertz CT molecular complexity index is 317. The number of halogens is 1. The Morgan fingerprint density at radius 3 is 2.79 bits per heavy atom. The van der Waals surface area contributed by atoms with Crippen LogP contribution in [0.4, 0.5) is 10.5 Å². The molecule has 3 N–H and O–H groups in total. The van der Waals surface area contributed by atoms with E-state index in [2.05, 4.69) is 10.6 Å². The third-order valence-corrected chi connectivity index (χ3v) is 1.72. The first kappa shape index (κ1) is 10.7. The van der Waals surface area contributed by atoms with Gasteiger partial charge in [0, 0.05) is 12.4 Å². The van der Waals surface area contributed by atoms with E-state index < -0.39 is 0 Å². The van der Waals surface area contributed by atoms with Gasteiger partial charge in [-0.2, -0.15) is 0 Å². The van der Waals surface area contributed by atoms with Crippen LogP contribution in [-0.4, -0.2) is 23.6 Å². The lowest BCUT2D eigenvalue weighted by molar-refractivity contribution is 0.252. The van der Waals surface area contributed by atoms with E-state index in [9.17, 15) is 9.90 Å². The van der Waals surface area contributed by atoms with Gasteiger partial charge >= 0.3 is 6.03 Å². The summed E-state index contributed by atoms with van der Waals surface area (Å²) in [4.78, 5) is 11.1. The molecule has 1 rings (SSSR count). The number of alkyl halides is 1. The Labute approximate surface area is 86.9 Å². The molecule has 0 aliphatic carbocycles. The average Bonchev–Trinajstić information content (AvgIpc) is 2.18. The van der Waals surface area contributed by atoms with Gasteiger partial charge in [-0.3, -0.25) is 0 Å². The number of amides is 2.